The number of benzene rings is 1. The Morgan fingerprint density at radius 1 is 1.20 bits per heavy atom. The van der Waals surface area contributed by atoms with Crippen molar-refractivity contribution in [3.05, 3.63) is 35.4 Å². The number of amides is 1. The molecule has 3 heteroatoms. The van der Waals surface area contributed by atoms with Crippen LogP contribution in [0, 0.1) is 0 Å². The van der Waals surface area contributed by atoms with Gasteiger partial charge in [0, 0.05) is 25.2 Å². The zero-order valence-electron chi connectivity index (χ0n) is 12.0. The number of hydrogen-bond acceptors (Lipinski definition) is 2. The van der Waals surface area contributed by atoms with Gasteiger partial charge in [0.15, 0.2) is 0 Å². The van der Waals surface area contributed by atoms with Crippen LogP contribution in [0.15, 0.2) is 24.3 Å². The summed E-state index contributed by atoms with van der Waals surface area (Å²) in [4.78, 5) is 14.8. The molecule has 3 unspecified atom stereocenters. The van der Waals surface area contributed by atoms with Gasteiger partial charge in [-0.05, 0) is 43.2 Å². The summed E-state index contributed by atoms with van der Waals surface area (Å²) in [7, 11) is 2.01. The van der Waals surface area contributed by atoms with E-state index >= 15 is 0 Å². The minimum Gasteiger partial charge on any atom is -0.342 e. The lowest BCUT2D eigenvalue weighted by atomic mass is 9.76. The third-order valence-electron chi connectivity index (χ3n) is 5.50. The van der Waals surface area contributed by atoms with Gasteiger partial charge in [-0.2, -0.15) is 0 Å². The molecule has 0 saturated carbocycles. The first-order chi connectivity index (χ1) is 9.72. The van der Waals surface area contributed by atoms with E-state index in [1.54, 1.807) is 0 Å². The Balaban J connectivity index is 1.47. The molecule has 0 spiro atoms. The van der Waals surface area contributed by atoms with Crippen molar-refractivity contribution < 1.29 is 4.79 Å². The normalized spacial score (nSPS) is 34.2. The molecule has 2 heterocycles. The molecule has 2 saturated heterocycles. The van der Waals surface area contributed by atoms with E-state index in [0.29, 0.717) is 24.0 Å². The highest BCUT2D eigenvalue weighted by Crippen LogP contribution is 2.37. The number of carbonyl (C=O) groups excluding carboxylic acids is 1. The Hall–Kier alpha value is -1.35. The van der Waals surface area contributed by atoms with Gasteiger partial charge >= 0.3 is 0 Å². The molecule has 1 aromatic rings. The van der Waals surface area contributed by atoms with E-state index in [4.69, 9.17) is 0 Å². The second kappa shape index (κ2) is 4.59. The molecule has 0 aromatic heterocycles. The lowest BCUT2D eigenvalue weighted by molar-refractivity contribution is -0.134. The van der Waals surface area contributed by atoms with Crippen molar-refractivity contribution in [3.63, 3.8) is 0 Å². The SMILES string of the molecule is CN(C(=O)C1Cc2ccccc21)C1CC2CCC(C1)N2. The van der Waals surface area contributed by atoms with Crippen molar-refractivity contribution in [2.75, 3.05) is 7.05 Å². The lowest BCUT2D eigenvalue weighted by Gasteiger charge is -2.39. The molecular weight excluding hydrogens is 248 g/mol. The van der Waals surface area contributed by atoms with Gasteiger partial charge in [-0.1, -0.05) is 24.3 Å². The quantitative estimate of drug-likeness (QED) is 0.892. The van der Waals surface area contributed by atoms with Crippen molar-refractivity contribution in [1.29, 1.82) is 0 Å². The number of rotatable bonds is 2. The molecule has 1 aliphatic carbocycles. The van der Waals surface area contributed by atoms with Gasteiger partial charge in [-0.15, -0.1) is 0 Å². The zero-order chi connectivity index (χ0) is 13.7. The van der Waals surface area contributed by atoms with E-state index in [9.17, 15) is 4.79 Å². The summed E-state index contributed by atoms with van der Waals surface area (Å²) in [5, 5.41) is 3.65. The second-order valence-electron chi connectivity index (χ2n) is 6.67. The van der Waals surface area contributed by atoms with E-state index in [-0.39, 0.29) is 5.92 Å². The molecule has 4 rings (SSSR count). The fourth-order valence-corrected chi connectivity index (χ4v) is 4.25. The first-order valence-corrected chi connectivity index (χ1v) is 7.83. The third kappa shape index (κ3) is 1.87. The Labute approximate surface area is 120 Å². The average molecular weight is 270 g/mol. The Morgan fingerprint density at radius 3 is 2.60 bits per heavy atom. The highest BCUT2D eigenvalue weighted by atomic mass is 16.2. The minimum absolute atomic E-state index is 0.115. The van der Waals surface area contributed by atoms with Crippen LogP contribution < -0.4 is 5.32 Å². The number of fused-ring (bicyclic) bond motifs is 3. The van der Waals surface area contributed by atoms with E-state index < -0.39 is 0 Å². The maximum Gasteiger partial charge on any atom is 0.230 e. The first kappa shape index (κ1) is 12.4. The third-order valence-corrected chi connectivity index (χ3v) is 5.50. The number of nitrogens with zero attached hydrogens (tertiary/aromatic N) is 1. The van der Waals surface area contributed by atoms with E-state index in [1.807, 2.05) is 18.0 Å². The maximum absolute atomic E-state index is 12.7. The van der Waals surface area contributed by atoms with Crippen LogP contribution in [0.2, 0.25) is 0 Å². The molecule has 0 radical (unpaired) electrons. The molecule has 2 aliphatic heterocycles. The van der Waals surface area contributed by atoms with Crippen molar-refractivity contribution in [1.82, 2.24) is 10.2 Å². The van der Waals surface area contributed by atoms with Crippen LogP contribution in [0.4, 0.5) is 0 Å². The van der Waals surface area contributed by atoms with Gasteiger partial charge in [0.05, 0.1) is 5.92 Å². The standard InChI is InChI=1S/C17H22N2O/c1-19(14-9-12-6-7-13(10-14)18-12)17(20)16-8-11-4-2-3-5-15(11)16/h2-5,12-14,16,18H,6-10H2,1H3. The topological polar surface area (TPSA) is 32.3 Å². The van der Waals surface area contributed by atoms with E-state index in [2.05, 4.69) is 23.5 Å². The minimum atomic E-state index is 0.115. The highest BCUT2D eigenvalue weighted by molar-refractivity contribution is 5.87. The number of piperidine rings is 1. The van der Waals surface area contributed by atoms with E-state index in [1.165, 1.54) is 24.0 Å². The fourth-order valence-electron chi connectivity index (χ4n) is 4.25. The van der Waals surface area contributed by atoms with Crippen LogP contribution in [0.1, 0.15) is 42.7 Å². The summed E-state index contributed by atoms with van der Waals surface area (Å²) < 4.78 is 0. The molecule has 3 nitrogen and oxygen atoms in total. The maximum atomic E-state index is 12.7. The summed E-state index contributed by atoms with van der Waals surface area (Å²) in [6, 6.07) is 10.1. The molecular formula is C17H22N2O. The number of carbonyl (C=O) groups is 1. The van der Waals surface area contributed by atoms with Crippen molar-refractivity contribution in [3.8, 4) is 0 Å². The molecule has 1 amide bonds. The predicted molar refractivity (Wildman–Crippen MR) is 78.6 cm³/mol. The van der Waals surface area contributed by atoms with Crippen LogP contribution in [0.5, 0.6) is 0 Å². The van der Waals surface area contributed by atoms with Crippen molar-refractivity contribution in [2.24, 2.45) is 0 Å². The smallest absolute Gasteiger partial charge is 0.230 e. The molecule has 20 heavy (non-hydrogen) atoms. The Bertz CT molecular complexity index is 530. The largest absolute Gasteiger partial charge is 0.342 e. The van der Waals surface area contributed by atoms with Gasteiger partial charge in [0.1, 0.15) is 0 Å². The van der Waals surface area contributed by atoms with Crippen LogP contribution in [-0.2, 0) is 11.2 Å². The number of likely N-dealkylation sites (N-methyl/N-ethyl adjacent to an activating group) is 1. The van der Waals surface area contributed by atoms with Gasteiger partial charge in [0.2, 0.25) is 5.91 Å². The van der Waals surface area contributed by atoms with Crippen LogP contribution in [0.3, 0.4) is 0 Å². The Morgan fingerprint density at radius 2 is 1.90 bits per heavy atom. The Kier molecular flexibility index (Phi) is 2.84. The summed E-state index contributed by atoms with van der Waals surface area (Å²) in [6.45, 7) is 0. The molecule has 2 fully saturated rings. The van der Waals surface area contributed by atoms with Gasteiger partial charge in [0.25, 0.3) is 0 Å². The summed E-state index contributed by atoms with van der Waals surface area (Å²) in [5.41, 5.74) is 2.60. The van der Waals surface area contributed by atoms with Crippen LogP contribution in [0.25, 0.3) is 0 Å². The monoisotopic (exact) mass is 270 g/mol. The first-order valence-electron chi connectivity index (χ1n) is 7.83. The van der Waals surface area contributed by atoms with Crippen molar-refractivity contribution in [2.45, 2.75) is 56.1 Å². The molecule has 3 aliphatic rings. The second-order valence-corrected chi connectivity index (χ2v) is 6.67. The number of hydrogen-bond donors (Lipinski definition) is 1. The van der Waals surface area contributed by atoms with Gasteiger partial charge < -0.3 is 10.2 Å². The lowest BCUT2D eigenvalue weighted by Crippen LogP contribution is -2.50. The summed E-state index contributed by atoms with van der Waals surface area (Å²) >= 11 is 0. The highest BCUT2D eigenvalue weighted by Gasteiger charge is 2.40. The van der Waals surface area contributed by atoms with Crippen LogP contribution >= 0.6 is 0 Å². The van der Waals surface area contributed by atoms with Crippen molar-refractivity contribution >= 4 is 5.91 Å². The van der Waals surface area contributed by atoms with Gasteiger partial charge in [-0.25, -0.2) is 0 Å². The average Bonchev–Trinajstić information content (AvgIpc) is 2.78. The fraction of sp³-hybridized carbons (Fsp3) is 0.588. The molecule has 1 N–H and O–H groups in total. The summed E-state index contributed by atoms with van der Waals surface area (Å²) in [5.74, 6) is 0.443. The zero-order valence-corrected chi connectivity index (χ0v) is 12.0. The predicted octanol–water partition coefficient (Wildman–Crippen LogP) is 2.07. The van der Waals surface area contributed by atoms with Gasteiger partial charge in [-0.3, -0.25) is 4.79 Å². The molecule has 106 valence electrons. The molecule has 3 atom stereocenters. The summed E-state index contributed by atoms with van der Waals surface area (Å²) in [6.07, 6.45) is 5.77. The molecule has 1 aromatic carbocycles. The van der Waals surface area contributed by atoms with Crippen LogP contribution in [-0.4, -0.2) is 36.0 Å². The molecule has 2 bridgehead atoms. The number of nitrogens with one attached hydrogen (secondary N) is 1. The van der Waals surface area contributed by atoms with E-state index in [0.717, 1.165) is 19.3 Å².